The molecule has 0 heterocycles. The number of nitrogens with zero attached hydrogens (tertiary/aromatic N) is 1. The number of rotatable bonds is 4. The first-order valence-electron chi connectivity index (χ1n) is 5.18. The van der Waals surface area contributed by atoms with Gasteiger partial charge in [-0.15, -0.1) is 0 Å². The lowest BCUT2D eigenvalue weighted by Crippen LogP contribution is -2.30. The first-order chi connectivity index (χ1) is 7.76. The van der Waals surface area contributed by atoms with Crippen LogP contribution in [0.15, 0.2) is 12.1 Å². The average Bonchev–Trinajstić information content (AvgIpc) is 2.14. The molecule has 0 aliphatic heterocycles. The molecule has 4 nitrogen and oxygen atoms in total. The van der Waals surface area contributed by atoms with Crippen LogP contribution in [-0.2, 0) is 0 Å². The Kier molecular flexibility index (Phi) is 3.65. The molecule has 0 radical (unpaired) electrons. The number of anilines is 1. The van der Waals surface area contributed by atoms with Crippen LogP contribution in [0.25, 0.3) is 0 Å². The van der Waals surface area contributed by atoms with E-state index in [0.29, 0.717) is 12.5 Å². The van der Waals surface area contributed by atoms with Crippen molar-refractivity contribution in [3.05, 3.63) is 33.9 Å². The summed E-state index contributed by atoms with van der Waals surface area (Å²) >= 11 is 0. The van der Waals surface area contributed by atoms with E-state index in [0.717, 1.165) is 6.07 Å². The van der Waals surface area contributed by atoms with Crippen LogP contribution in [0.1, 0.15) is 27.2 Å². The van der Waals surface area contributed by atoms with Gasteiger partial charge in [0.1, 0.15) is 11.5 Å². The second-order valence-corrected chi connectivity index (χ2v) is 4.40. The number of hydrogen-bond acceptors (Lipinski definition) is 3. The van der Waals surface area contributed by atoms with Crippen LogP contribution in [-0.4, -0.2) is 10.5 Å². The lowest BCUT2D eigenvalue weighted by Gasteiger charge is -2.25. The van der Waals surface area contributed by atoms with Crippen LogP contribution in [0.2, 0.25) is 0 Å². The second kappa shape index (κ2) is 4.65. The smallest absolute Gasteiger partial charge is 0.327 e. The van der Waals surface area contributed by atoms with E-state index in [-0.39, 0.29) is 5.69 Å². The monoisotopic (exact) mass is 244 g/mol. The van der Waals surface area contributed by atoms with E-state index in [1.54, 1.807) is 13.8 Å². The summed E-state index contributed by atoms with van der Waals surface area (Å²) in [7, 11) is 0. The van der Waals surface area contributed by atoms with Gasteiger partial charge in [-0.1, -0.05) is 6.92 Å². The molecule has 0 amide bonds. The van der Waals surface area contributed by atoms with Crippen LogP contribution < -0.4 is 5.32 Å². The summed E-state index contributed by atoms with van der Waals surface area (Å²) in [6, 6.07) is 1.43. The predicted octanol–water partition coefficient (Wildman–Crippen LogP) is 3.47. The summed E-state index contributed by atoms with van der Waals surface area (Å²) in [4.78, 5) is 9.87. The molecule has 0 atom stereocenters. The van der Waals surface area contributed by atoms with Gasteiger partial charge >= 0.3 is 5.69 Å². The molecule has 0 aliphatic rings. The Hall–Kier alpha value is -1.72. The number of nitrogens with one attached hydrogen (secondary N) is 1. The minimum atomic E-state index is -1.18. The van der Waals surface area contributed by atoms with E-state index in [1.165, 1.54) is 0 Å². The van der Waals surface area contributed by atoms with Crippen LogP contribution in [0.5, 0.6) is 0 Å². The lowest BCUT2D eigenvalue weighted by molar-refractivity contribution is -0.386. The van der Waals surface area contributed by atoms with Gasteiger partial charge < -0.3 is 5.32 Å². The van der Waals surface area contributed by atoms with Gasteiger partial charge in [0.2, 0.25) is 5.82 Å². The zero-order valence-electron chi connectivity index (χ0n) is 9.88. The quantitative estimate of drug-likeness (QED) is 0.651. The molecule has 0 spiro atoms. The Morgan fingerprint density at radius 2 is 2.00 bits per heavy atom. The van der Waals surface area contributed by atoms with Crippen LogP contribution >= 0.6 is 0 Å². The first kappa shape index (κ1) is 13.3. The third-order valence-electron chi connectivity index (χ3n) is 2.57. The van der Waals surface area contributed by atoms with Crippen molar-refractivity contribution >= 4 is 11.4 Å². The highest BCUT2D eigenvalue weighted by atomic mass is 19.1. The van der Waals surface area contributed by atoms with Crippen molar-refractivity contribution in [1.29, 1.82) is 0 Å². The van der Waals surface area contributed by atoms with Gasteiger partial charge in [-0.05, 0) is 20.3 Å². The van der Waals surface area contributed by atoms with Gasteiger partial charge in [0.05, 0.1) is 4.92 Å². The first-order valence-corrected chi connectivity index (χ1v) is 5.18. The van der Waals surface area contributed by atoms with Crippen molar-refractivity contribution in [2.24, 2.45) is 0 Å². The maximum atomic E-state index is 13.3. The zero-order chi connectivity index (χ0) is 13.2. The van der Waals surface area contributed by atoms with Gasteiger partial charge in [-0.2, -0.15) is 4.39 Å². The fourth-order valence-corrected chi connectivity index (χ4v) is 1.30. The lowest BCUT2D eigenvalue weighted by atomic mass is 10.0. The van der Waals surface area contributed by atoms with E-state index in [1.807, 2.05) is 6.92 Å². The van der Waals surface area contributed by atoms with Crippen molar-refractivity contribution in [2.75, 3.05) is 5.32 Å². The summed E-state index contributed by atoms with van der Waals surface area (Å²) in [5, 5.41) is 13.5. The number of halogens is 2. The minimum absolute atomic E-state index is 0.139. The second-order valence-electron chi connectivity index (χ2n) is 4.40. The Morgan fingerprint density at radius 1 is 1.41 bits per heavy atom. The van der Waals surface area contributed by atoms with E-state index in [4.69, 9.17) is 0 Å². The van der Waals surface area contributed by atoms with Crippen LogP contribution in [0.3, 0.4) is 0 Å². The number of benzene rings is 1. The highest BCUT2D eigenvalue weighted by Crippen LogP contribution is 2.31. The molecule has 0 unspecified atom stereocenters. The van der Waals surface area contributed by atoms with Gasteiger partial charge in [0, 0.05) is 17.7 Å². The topological polar surface area (TPSA) is 55.2 Å². The van der Waals surface area contributed by atoms with Gasteiger partial charge in [0.25, 0.3) is 0 Å². The van der Waals surface area contributed by atoms with E-state index >= 15 is 0 Å². The van der Waals surface area contributed by atoms with Gasteiger partial charge in [0.15, 0.2) is 0 Å². The molecule has 17 heavy (non-hydrogen) atoms. The molecule has 0 saturated carbocycles. The number of hydrogen-bond donors (Lipinski definition) is 1. The third-order valence-corrected chi connectivity index (χ3v) is 2.57. The Bertz CT molecular complexity index is 447. The van der Waals surface area contributed by atoms with E-state index in [9.17, 15) is 18.9 Å². The van der Waals surface area contributed by atoms with E-state index in [2.05, 4.69) is 5.32 Å². The minimum Gasteiger partial charge on any atom is -0.374 e. The van der Waals surface area contributed by atoms with Crippen molar-refractivity contribution in [2.45, 2.75) is 32.7 Å². The summed E-state index contributed by atoms with van der Waals surface area (Å²) in [6.07, 6.45) is 0.655. The molecule has 0 bridgehead atoms. The maximum Gasteiger partial charge on any atom is 0.327 e. The van der Waals surface area contributed by atoms with Crippen molar-refractivity contribution in [1.82, 2.24) is 0 Å². The molecule has 0 aliphatic carbocycles. The normalized spacial score (nSPS) is 11.4. The summed E-state index contributed by atoms with van der Waals surface area (Å²) in [5.41, 5.74) is -1.35. The van der Waals surface area contributed by atoms with Gasteiger partial charge in [-0.25, -0.2) is 4.39 Å². The average molecular weight is 244 g/mol. The number of nitro benzene ring substituents is 1. The Morgan fingerprint density at radius 3 is 2.47 bits per heavy atom. The Balaban J connectivity index is 3.26. The molecule has 1 aromatic rings. The summed E-state index contributed by atoms with van der Waals surface area (Å²) in [5.74, 6) is -2.02. The standard InChI is InChI=1S/C11H14F2N2O2/c1-4-11(2,3)14-9-6-7(12)5-8(13)10(9)15(16)17/h5-6,14H,4H2,1-3H3. The molecule has 94 valence electrons. The summed E-state index contributed by atoms with van der Waals surface area (Å²) < 4.78 is 26.4. The maximum absolute atomic E-state index is 13.3. The molecule has 6 heteroatoms. The van der Waals surface area contributed by atoms with Crippen LogP contribution in [0.4, 0.5) is 20.2 Å². The Labute approximate surface area is 97.8 Å². The largest absolute Gasteiger partial charge is 0.374 e. The fraction of sp³-hybridized carbons (Fsp3) is 0.455. The van der Waals surface area contributed by atoms with Crippen molar-refractivity contribution in [3.63, 3.8) is 0 Å². The fourth-order valence-electron chi connectivity index (χ4n) is 1.30. The molecule has 0 saturated heterocycles. The molecule has 1 aromatic carbocycles. The van der Waals surface area contributed by atoms with Crippen molar-refractivity contribution in [3.8, 4) is 0 Å². The molecule has 1 N–H and O–H groups in total. The molecular formula is C11H14F2N2O2. The molecule has 0 fully saturated rings. The van der Waals surface area contributed by atoms with E-state index < -0.39 is 27.8 Å². The SMILES string of the molecule is CCC(C)(C)Nc1cc(F)cc(F)c1[N+](=O)[O-]. The van der Waals surface area contributed by atoms with Gasteiger partial charge in [-0.3, -0.25) is 10.1 Å². The highest BCUT2D eigenvalue weighted by Gasteiger charge is 2.25. The predicted molar refractivity (Wildman–Crippen MR) is 61.0 cm³/mol. The number of nitro groups is 1. The molecule has 1 rings (SSSR count). The molecule has 0 aromatic heterocycles. The van der Waals surface area contributed by atoms with Crippen LogP contribution in [0, 0.1) is 21.7 Å². The third kappa shape index (κ3) is 3.12. The zero-order valence-corrected chi connectivity index (χ0v) is 9.88. The molecular weight excluding hydrogens is 230 g/mol. The van der Waals surface area contributed by atoms with Crippen molar-refractivity contribution < 1.29 is 13.7 Å². The summed E-state index contributed by atoms with van der Waals surface area (Å²) in [6.45, 7) is 5.45. The highest BCUT2D eigenvalue weighted by molar-refractivity contribution is 5.63.